The summed E-state index contributed by atoms with van der Waals surface area (Å²) in [6, 6.07) is 8.98. The van der Waals surface area contributed by atoms with Gasteiger partial charge in [-0.05, 0) is 24.1 Å². The molecule has 0 atom stereocenters. The van der Waals surface area contributed by atoms with Crippen molar-refractivity contribution < 1.29 is 0 Å². The van der Waals surface area contributed by atoms with Crippen LogP contribution in [0.5, 0.6) is 0 Å². The van der Waals surface area contributed by atoms with Crippen LogP contribution in [-0.2, 0) is 0 Å². The molecule has 0 bridgehead atoms. The summed E-state index contributed by atoms with van der Waals surface area (Å²) in [4.78, 5) is 15.9. The lowest BCUT2D eigenvalue weighted by Crippen LogP contribution is -2.22. The van der Waals surface area contributed by atoms with Crippen LogP contribution < -0.4 is 11.3 Å². The van der Waals surface area contributed by atoms with Crippen molar-refractivity contribution in [2.45, 2.75) is 19.8 Å². The molecule has 0 saturated heterocycles. The van der Waals surface area contributed by atoms with E-state index < -0.39 is 0 Å². The monoisotopic (exact) mass is 318 g/mol. The number of nitriles is 2. The molecule has 3 N–H and O–H groups in total. The average Bonchev–Trinajstić information content (AvgIpc) is 2.97. The van der Waals surface area contributed by atoms with Gasteiger partial charge in [0.1, 0.15) is 11.6 Å². The molecule has 3 aromatic rings. The van der Waals surface area contributed by atoms with E-state index in [9.17, 15) is 10.1 Å². The molecule has 1 aromatic carbocycles. The highest BCUT2D eigenvalue weighted by atomic mass is 16.1. The maximum absolute atomic E-state index is 12.8. The van der Waals surface area contributed by atoms with E-state index in [-0.39, 0.29) is 17.0 Å². The smallest absolute Gasteiger partial charge is 0.278 e. The number of benzene rings is 1. The summed E-state index contributed by atoms with van der Waals surface area (Å²) in [6.45, 7) is 3.79. The van der Waals surface area contributed by atoms with Crippen LogP contribution >= 0.6 is 0 Å². The number of nitrogens with one attached hydrogen (secondary N) is 1. The molecule has 2 heterocycles. The Morgan fingerprint density at radius 3 is 2.62 bits per heavy atom. The van der Waals surface area contributed by atoms with Gasteiger partial charge in [-0.3, -0.25) is 4.79 Å². The van der Waals surface area contributed by atoms with Crippen LogP contribution in [0.1, 0.15) is 36.5 Å². The number of rotatable bonds is 2. The van der Waals surface area contributed by atoms with Gasteiger partial charge in [-0.15, -0.1) is 0 Å². The molecule has 0 spiro atoms. The Balaban J connectivity index is 2.45. The summed E-state index contributed by atoms with van der Waals surface area (Å²) in [5, 5.41) is 22.3. The Labute approximate surface area is 137 Å². The second-order valence-electron chi connectivity index (χ2n) is 5.76. The van der Waals surface area contributed by atoms with Gasteiger partial charge in [0, 0.05) is 16.8 Å². The zero-order valence-corrected chi connectivity index (χ0v) is 13.2. The van der Waals surface area contributed by atoms with Crippen LogP contribution in [-0.4, -0.2) is 14.6 Å². The number of aromatic amines is 1. The fourth-order valence-corrected chi connectivity index (χ4v) is 2.74. The molecule has 0 radical (unpaired) electrons. The van der Waals surface area contributed by atoms with Gasteiger partial charge in [0.2, 0.25) is 0 Å². The van der Waals surface area contributed by atoms with Gasteiger partial charge in [-0.2, -0.15) is 20.1 Å². The Morgan fingerprint density at radius 2 is 2.00 bits per heavy atom. The second-order valence-corrected chi connectivity index (χ2v) is 5.76. The molecule has 7 nitrogen and oxygen atoms in total. The van der Waals surface area contributed by atoms with Gasteiger partial charge in [0.15, 0.2) is 5.65 Å². The highest BCUT2D eigenvalue weighted by molar-refractivity contribution is 5.72. The number of anilines is 1. The fraction of sp³-hybridized carbons (Fsp3) is 0.176. The van der Waals surface area contributed by atoms with Gasteiger partial charge in [-0.1, -0.05) is 13.8 Å². The third kappa shape index (κ3) is 2.29. The van der Waals surface area contributed by atoms with Crippen molar-refractivity contribution in [1.29, 1.82) is 10.5 Å². The van der Waals surface area contributed by atoms with E-state index in [4.69, 9.17) is 11.0 Å². The largest absolute Gasteiger partial charge is 0.399 e. The van der Waals surface area contributed by atoms with Crippen molar-refractivity contribution in [1.82, 2.24) is 14.6 Å². The van der Waals surface area contributed by atoms with E-state index in [0.29, 0.717) is 33.7 Å². The second kappa shape index (κ2) is 5.56. The van der Waals surface area contributed by atoms with Crippen LogP contribution in [0.15, 0.2) is 29.2 Å². The number of hydrogen-bond acceptors (Lipinski definition) is 5. The first-order chi connectivity index (χ1) is 11.5. The van der Waals surface area contributed by atoms with Crippen LogP contribution in [0.4, 0.5) is 5.69 Å². The van der Waals surface area contributed by atoms with Crippen LogP contribution in [0.25, 0.3) is 16.9 Å². The number of hydrogen-bond donors (Lipinski definition) is 2. The quantitative estimate of drug-likeness (QED) is 0.700. The first-order valence-corrected chi connectivity index (χ1v) is 7.31. The van der Waals surface area contributed by atoms with Gasteiger partial charge in [-0.25, -0.2) is 0 Å². The van der Waals surface area contributed by atoms with Gasteiger partial charge >= 0.3 is 0 Å². The minimum atomic E-state index is -0.295. The fourth-order valence-electron chi connectivity index (χ4n) is 2.74. The lowest BCUT2D eigenvalue weighted by molar-refractivity contribution is 0.797. The summed E-state index contributed by atoms with van der Waals surface area (Å²) in [6.07, 6.45) is 1.35. The molecule has 0 fully saturated rings. The number of H-pyrrole nitrogens is 1. The van der Waals surface area contributed by atoms with Crippen molar-refractivity contribution in [3.8, 4) is 23.4 Å². The molecule has 0 aliphatic heterocycles. The zero-order valence-electron chi connectivity index (χ0n) is 13.2. The highest BCUT2D eigenvalue weighted by Crippen LogP contribution is 2.28. The van der Waals surface area contributed by atoms with Gasteiger partial charge in [0.25, 0.3) is 5.56 Å². The van der Waals surface area contributed by atoms with E-state index in [1.54, 1.807) is 18.2 Å². The van der Waals surface area contributed by atoms with E-state index in [1.165, 1.54) is 10.7 Å². The normalized spacial score (nSPS) is 10.7. The summed E-state index contributed by atoms with van der Waals surface area (Å²) in [7, 11) is 0. The number of nitrogens with zero attached hydrogens (tertiary/aromatic N) is 4. The van der Waals surface area contributed by atoms with Crippen LogP contribution in [0, 0.1) is 22.7 Å². The molecule has 0 unspecified atom stereocenters. The third-order valence-electron chi connectivity index (χ3n) is 3.78. The summed E-state index contributed by atoms with van der Waals surface area (Å²) >= 11 is 0. The van der Waals surface area contributed by atoms with Crippen LogP contribution in [0.3, 0.4) is 0 Å². The molecule has 7 heteroatoms. The molecule has 118 valence electrons. The lowest BCUT2D eigenvalue weighted by atomic mass is 9.97. The van der Waals surface area contributed by atoms with Crippen molar-refractivity contribution in [2.24, 2.45) is 0 Å². The number of fused-ring (bicyclic) bond motifs is 1. The number of aromatic nitrogens is 3. The predicted molar refractivity (Wildman–Crippen MR) is 89.2 cm³/mol. The predicted octanol–water partition coefficient (Wildman–Crippen LogP) is 2.14. The van der Waals surface area contributed by atoms with Crippen LogP contribution in [0.2, 0.25) is 0 Å². The Kier molecular flexibility index (Phi) is 3.55. The Morgan fingerprint density at radius 1 is 1.25 bits per heavy atom. The summed E-state index contributed by atoms with van der Waals surface area (Å²) < 4.78 is 1.19. The molecule has 2 aromatic heterocycles. The number of nitrogens with two attached hydrogens (primary N) is 1. The maximum Gasteiger partial charge on any atom is 0.278 e. The highest BCUT2D eigenvalue weighted by Gasteiger charge is 2.19. The van der Waals surface area contributed by atoms with Gasteiger partial charge in [0.05, 0.1) is 23.5 Å². The van der Waals surface area contributed by atoms with Crippen molar-refractivity contribution >= 4 is 11.3 Å². The SMILES string of the molecule is CC(C)c1c(-c2cc(N)cc(C#N)c2)[nH]c2c(C#N)cnn2c1=O. The molecular formula is C17H14N6O. The Hall–Kier alpha value is -3.58. The number of nitrogen functional groups attached to an aromatic ring is 1. The van der Waals surface area contributed by atoms with E-state index in [0.717, 1.165) is 0 Å². The Bertz CT molecular complexity index is 1090. The first kappa shape index (κ1) is 15.3. The summed E-state index contributed by atoms with van der Waals surface area (Å²) in [5.41, 5.74) is 8.68. The topological polar surface area (TPSA) is 124 Å². The minimum Gasteiger partial charge on any atom is -0.399 e. The molecular weight excluding hydrogens is 304 g/mol. The third-order valence-corrected chi connectivity index (χ3v) is 3.78. The van der Waals surface area contributed by atoms with E-state index in [2.05, 4.69) is 16.2 Å². The lowest BCUT2D eigenvalue weighted by Gasteiger charge is -2.14. The van der Waals surface area contributed by atoms with E-state index in [1.807, 2.05) is 19.9 Å². The van der Waals surface area contributed by atoms with Crippen molar-refractivity contribution in [3.05, 3.63) is 51.4 Å². The van der Waals surface area contributed by atoms with Crippen molar-refractivity contribution in [3.63, 3.8) is 0 Å². The van der Waals surface area contributed by atoms with Crippen molar-refractivity contribution in [2.75, 3.05) is 5.73 Å². The molecule has 0 amide bonds. The molecule has 0 saturated carbocycles. The maximum atomic E-state index is 12.8. The standard InChI is InChI=1S/C17H14N6O/c1-9(2)14-15(11-3-10(6-18)4-13(20)5-11)22-16-12(7-19)8-21-23(16)17(14)24/h3-5,8-9,22H,20H2,1-2H3. The first-order valence-electron chi connectivity index (χ1n) is 7.31. The molecule has 0 aliphatic carbocycles. The van der Waals surface area contributed by atoms with E-state index >= 15 is 0 Å². The molecule has 24 heavy (non-hydrogen) atoms. The zero-order chi connectivity index (χ0) is 17.4. The average molecular weight is 318 g/mol. The van der Waals surface area contributed by atoms with Gasteiger partial charge < -0.3 is 10.7 Å². The molecule has 0 aliphatic rings. The minimum absolute atomic E-state index is 0.0881. The summed E-state index contributed by atoms with van der Waals surface area (Å²) in [5.74, 6) is -0.0881. The molecule has 3 rings (SSSR count).